The van der Waals surface area contributed by atoms with Crippen LogP contribution in [-0.4, -0.2) is 46.2 Å². The second kappa shape index (κ2) is 6.51. The van der Waals surface area contributed by atoms with Crippen LogP contribution >= 0.6 is 11.3 Å². The van der Waals surface area contributed by atoms with E-state index in [2.05, 4.69) is 4.98 Å². The van der Waals surface area contributed by atoms with Crippen molar-refractivity contribution >= 4 is 33.6 Å². The van der Waals surface area contributed by atoms with E-state index in [0.29, 0.717) is 11.6 Å². The highest BCUT2D eigenvalue weighted by Gasteiger charge is 2.42. The summed E-state index contributed by atoms with van der Waals surface area (Å²) in [5.74, 6) is -0.568. The zero-order valence-electron chi connectivity index (χ0n) is 14.4. The molecule has 7 nitrogen and oxygen atoms in total. The van der Waals surface area contributed by atoms with Crippen molar-refractivity contribution in [1.82, 2.24) is 9.88 Å². The van der Waals surface area contributed by atoms with Gasteiger partial charge in [0.2, 0.25) is 5.91 Å². The fourth-order valence-electron chi connectivity index (χ4n) is 2.72. The molecule has 0 aliphatic carbocycles. The highest BCUT2D eigenvalue weighted by atomic mass is 32.1. The number of ether oxygens (including phenoxy) is 2. The monoisotopic (exact) mass is 363 g/mol. The first-order chi connectivity index (χ1) is 11.7. The van der Waals surface area contributed by atoms with Gasteiger partial charge in [0, 0.05) is 6.42 Å². The summed E-state index contributed by atoms with van der Waals surface area (Å²) in [6.07, 6.45) is -0.595. The maximum Gasteiger partial charge on any atom is 0.411 e. The predicted octanol–water partition coefficient (Wildman–Crippen LogP) is 2.54. The van der Waals surface area contributed by atoms with Crippen molar-refractivity contribution in [2.24, 2.45) is 5.73 Å². The molecule has 0 radical (unpaired) electrons. The summed E-state index contributed by atoms with van der Waals surface area (Å²) in [6, 6.07) is 6.98. The van der Waals surface area contributed by atoms with Crippen molar-refractivity contribution in [3.8, 4) is 5.19 Å². The maximum atomic E-state index is 12.3. The lowest BCUT2D eigenvalue weighted by Crippen LogP contribution is -2.45. The van der Waals surface area contributed by atoms with Crippen LogP contribution in [0.15, 0.2) is 24.3 Å². The van der Waals surface area contributed by atoms with Crippen LogP contribution in [0.3, 0.4) is 0 Å². The molecule has 0 saturated carbocycles. The molecule has 3 rings (SSSR count). The molecule has 25 heavy (non-hydrogen) atoms. The van der Waals surface area contributed by atoms with Gasteiger partial charge in [-0.05, 0) is 32.9 Å². The molecule has 0 spiro atoms. The molecule has 2 heterocycles. The Bertz CT molecular complexity index is 766. The average Bonchev–Trinajstić information content (AvgIpc) is 3.09. The Hall–Kier alpha value is -2.35. The Labute approximate surface area is 149 Å². The Morgan fingerprint density at radius 3 is 2.68 bits per heavy atom. The summed E-state index contributed by atoms with van der Waals surface area (Å²) in [5.41, 5.74) is 5.66. The number of likely N-dealkylation sites (tertiary alicyclic amines) is 1. The number of hydrogen-bond donors (Lipinski definition) is 1. The van der Waals surface area contributed by atoms with Gasteiger partial charge in [-0.2, -0.15) is 0 Å². The molecule has 1 saturated heterocycles. The second-order valence-corrected chi connectivity index (χ2v) is 7.97. The third-order valence-electron chi connectivity index (χ3n) is 3.76. The summed E-state index contributed by atoms with van der Waals surface area (Å²) in [6.45, 7) is 5.55. The van der Waals surface area contributed by atoms with Crippen LogP contribution < -0.4 is 10.5 Å². The van der Waals surface area contributed by atoms with Crippen molar-refractivity contribution in [1.29, 1.82) is 0 Å². The van der Waals surface area contributed by atoms with Crippen LogP contribution in [0.5, 0.6) is 5.19 Å². The number of nitrogens with two attached hydrogens (primary N) is 1. The summed E-state index contributed by atoms with van der Waals surface area (Å²) < 4.78 is 12.3. The van der Waals surface area contributed by atoms with Gasteiger partial charge in [0.1, 0.15) is 17.7 Å². The molecule has 1 aromatic carbocycles. The standard InChI is InChI=1S/C17H21N3O4S/c1-17(2,3)24-16(22)20-9-10(8-12(20)14(18)21)23-15-19-11-6-4-5-7-13(11)25-15/h4-7,10,12H,8-9H2,1-3H3,(H2,18,21)/t10-,12+/m1/s1. The zero-order valence-corrected chi connectivity index (χ0v) is 15.2. The number of amides is 2. The van der Waals surface area contributed by atoms with Crippen molar-refractivity contribution < 1.29 is 19.1 Å². The second-order valence-electron chi connectivity index (χ2n) is 6.97. The number of nitrogens with zero attached hydrogens (tertiary/aromatic N) is 2. The van der Waals surface area contributed by atoms with E-state index in [-0.39, 0.29) is 12.6 Å². The summed E-state index contributed by atoms with van der Waals surface area (Å²) >= 11 is 1.43. The van der Waals surface area contributed by atoms with Gasteiger partial charge in [0.15, 0.2) is 0 Å². The zero-order chi connectivity index (χ0) is 18.2. The predicted molar refractivity (Wildman–Crippen MR) is 94.6 cm³/mol. The topological polar surface area (TPSA) is 94.8 Å². The molecular weight excluding hydrogens is 342 g/mol. The van der Waals surface area contributed by atoms with E-state index in [4.69, 9.17) is 15.2 Å². The van der Waals surface area contributed by atoms with Crippen LogP contribution in [0.4, 0.5) is 4.79 Å². The number of primary amides is 1. The Kier molecular flexibility index (Phi) is 4.55. The van der Waals surface area contributed by atoms with E-state index in [9.17, 15) is 9.59 Å². The van der Waals surface area contributed by atoms with E-state index in [1.54, 1.807) is 20.8 Å². The highest BCUT2D eigenvalue weighted by molar-refractivity contribution is 7.20. The molecule has 2 aromatic rings. The minimum absolute atomic E-state index is 0.235. The van der Waals surface area contributed by atoms with Gasteiger partial charge in [-0.25, -0.2) is 9.78 Å². The van der Waals surface area contributed by atoms with Crippen LogP contribution in [0.1, 0.15) is 27.2 Å². The van der Waals surface area contributed by atoms with Crippen molar-refractivity contribution in [3.05, 3.63) is 24.3 Å². The fourth-order valence-corrected chi connectivity index (χ4v) is 3.60. The number of hydrogen-bond acceptors (Lipinski definition) is 6. The number of carbonyl (C=O) groups excluding carboxylic acids is 2. The Morgan fingerprint density at radius 2 is 2.04 bits per heavy atom. The third kappa shape index (κ3) is 4.01. The molecule has 1 aromatic heterocycles. The first-order valence-corrected chi connectivity index (χ1v) is 8.86. The average molecular weight is 363 g/mol. The van der Waals surface area contributed by atoms with Gasteiger partial charge in [0.25, 0.3) is 5.19 Å². The first kappa shape index (κ1) is 17.5. The largest absolute Gasteiger partial charge is 0.465 e. The molecule has 2 N–H and O–H groups in total. The molecule has 8 heteroatoms. The number of aromatic nitrogens is 1. The molecule has 0 bridgehead atoms. The number of fused-ring (bicyclic) bond motifs is 1. The van der Waals surface area contributed by atoms with E-state index >= 15 is 0 Å². The first-order valence-electron chi connectivity index (χ1n) is 8.04. The van der Waals surface area contributed by atoms with Crippen molar-refractivity contribution in [2.45, 2.75) is 44.9 Å². The molecule has 1 aliphatic heterocycles. The van der Waals surface area contributed by atoms with Crippen LogP contribution in [0, 0.1) is 0 Å². The van der Waals surface area contributed by atoms with Gasteiger partial charge in [-0.3, -0.25) is 9.69 Å². The fraction of sp³-hybridized carbons (Fsp3) is 0.471. The Balaban J connectivity index is 1.73. The van der Waals surface area contributed by atoms with E-state index in [1.165, 1.54) is 16.2 Å². The van der Waals surface area contributed by atoms with Crippen LogP contribution in [-0.2, 0) is 9.53 Å². The minimum atomic E-state index is -0.741. The minimum Gasteiger partial charge on any atom is -0.465 e. The number of para-hydroxylation sites is 1. The lowest BCUT2D eigenvalue weighted by atomic mass is 10.2. The summed E-state index contributed by atoms with van der Waals surface area (Å²) in [7, 11) is 0. The Morgan fingerprint density at radius 1 is 1.32 bits per heavy atom. The maximum absolute atomic E-state index is 12.3. The van der Waals surface area contributed by atoms with E-state index < -0.39 is 23.6 Å². The van der Waals surface area contributed by atoms with Crippen molar-refractivity contribution in [3.63, 3.8) is 0 Å². The van der Waals surface area contributed by atoms with E-state index in [1.807, 2.05) is 24.3 Å². The van der Waals surface area contributed by atoms with E-state index in [0.717, 1.165) is 10.2 Å². The molecular formula is C17H21N3O4S. The SMILES string of the molecule is CC(C)(C)OC(=O)N1C[C@H](Oc2nc3ccccc3s2)C[C@H]1C(N)=O. The molecule has 2 atom stereocenters. The van der Waals surface area contributed by atoms with Gasteiger partial charge < -0.3 is 15.2 Å². The number of thiazole rings is 1. The highest BCUT2D eigenvalue weighted by Crippen LogP contribution is 2.31. The van der Waals surface area contributed by atoms with Crippen LogP contribution in [0.2, 0.25) is 0 Å². The lowest BCUT2D eigenvalue weighted by Gasteiger charge is -2.26. The molecule has 0 unspecified atom stereocenters. The van der Waals surface area contributed by atoms with Gasteiger partial charge in [0.05, 0.1) is 16.8 Å². The lowest BCUT2D eigenvalue weighted by molar-refractivity contribution is -0.122. The summed E-state index contributed by atoms with van der Waals surface area (Å²) in [4.78, 5) is 29.8. The molecule has 134 valence electrons. The molecule has 1 aliphatic rings. The van der Waals surface area contributed by atoms with Gasteiger partial charge in [-0.1, -0.05) is 23.5 Å². The number of carbonyl (C=O) groups is 2. The third-order valence-corrected chi connectivity index (χ3v) is 4.69. The number of rotatable bonds is 3. The van der Waals surface area contributed by atoms with Crippen molar-refractivity contribution in [2.75, 3.05) is 6.54 Å². The molecule has 1 fully saturated rings. The van der Waals surface area contributed by atoms with Crippen LogP contribution in [0.25, 0.3) is 10.2 Å². The van der Waals surface area contributed by atoms with Gasteiger partial charge in [-0.15, -0.1) is 0 Å². The smallest absolute Gasteiger partial charge is 0.411 e. The van der Waals surface area contributed by atoms with Gasteiger partial charge >= 0.3 is 6.09 Å². The quantitative estimate of drug-likeness (QED) is 0.904. The molecule has 2 amide bonds. The summed E-state index contributed by atoms with van der Waals surface area (Å²) in [5, 5.41) is 0.514. The number of benzene rings is 1. The normalized spacial score (nSPS) is 20.7.